The Labute approximate surface area is 90.5 Å². The van der Waals surface area contributed by atoms with Crippen molar-refractivity contribution in [1.29, 1.82) is 0 Å². The Morgan fingerprint density at radius 1 is 1.60 bits per heavy atom. The van der Waals surface area contributed by atoms with Crippen molar-refractivity contribution in [3.05, 3.63) is 0 Å². The zero-order valence-corrected chi connectivity index (χ0v) is 9.45. The molecule has 3 N–H and O–H groups in total. The summed E-state index contributed by atoms with van der Waals surface area (Å²) >= 11 is 0. The molecule has 1 heterocycles. The minimum absolute atomic E-state index is 0.0703. The van der Waals surface area contributed by atoms with Crippen LogP contribution in [0.5, 0.6) is 0 Å². The smallest absolute Gasteiger partial charge is 0.221 e. The molecule has 0 unspecified atom stereocenters. The Bertz CT molecular complexity index is 265. The number of carbonyl (C=O) groups excluding carboxylic acids is 1. The Kier molecular flexibility index (Phi) is 2.73. The van der Waals surface area contributed by atoms with Gasteiger partial charge in [0, 0.05) is 36.9 Å². The van der Waals surface area contributed by atoms with Crippen LogP contribution < -0.4 is 11.1 Å². The second-order valence-electron chi connectivity index (χ2n) is 5.15. The van der Waals surface area contributed by atoms with E-state index in [2.05, 4.69) is 19.2 Å². The Balaban J connectivity index is 1.95. The number of nitrogens with one attached hydrogen (secondary N) is 1. The average molecular weight is 212 g/mol. The van der Waals surface area contributed by atoms with Gasteiger partial charge in [-0.25, -0.2) is 0 Å². The minimum Gasteiger partial charge on any atom is -0.377 e. The first kappa shape index (κ1) is 10.9. The summed E-state index contributed by atoms with van der Waals surface area (Å²) in [5.74, 6) is 0.586. The minimum atomic E-state index is 0.0703. The standard InChI is InChI=1S/C11H20N2O2/c1-11(2)9(13-8(14)3-5-12)7-4-6-15-10(7)11/h7,9-10H,3-6,12H2,1-2H3,(H,13,14)/t7-,9-,10+/m1/s1. The third kappa shape index (κ3) is 1.66. The van der Waals surface area contributed by atoms with E-state index in [1.54, 1.807) is 0 Å². The molecule has 0 spiro atoms. The molecule has 4 nitrogen and oxygen atoms in total. The van der Waals surface area contributed by atoms with Crippen LogP contribution in [0.2, 0.25) is 0 Å². The number of hydrogen-bond donors (Lipinski definition) is 2. The monoisotopic (exact) mass is 212 g/mol. The highest BCUT2D eigenvalue weighted by Gasteiger charge is 2.59. The molecular weight excluding hydrogens is 192 g/mol. The van der Waals surface area contributed by atoms with Crippen LogP contribution in [0.4, 0.5) is 0 Å². The number of fused-ring (bicyclic) bond motifs is 1. The lowest BCUT2D eigenvalue weighted by molar-refractivity contribution is -0.137. The molecule has 0 aromatic heterocycles. The van der Waals surface area contributed by atoms with E-state index in [9.17, 15) is 4.79 Å². The van der Waals surface area contributed by atoms with Crippen LogP contribution in [0.3, 0.4) is 0 Å². The molecule has 1 saturated carbocycles. The molecule has 2 aliphatic rings. The molecule has 0 aromatic rings. The molecule has 1 aliphatic heterocycles. The average Bonchev–Trinajstić information content (AvgIpc) is 2.61. The topological polar surface area (TPSA) is 64.4 Å². The Morgan fingerprint density at radius 3 is 3.00 bits per heavy atom. The highest BCUT2D eigenvalue weighted by molar-refractivity contribution is 5.76. The number of carbonyl (C=O) groups is 1. The molecule has 3 atom stereocenters. The highest BCUT2D eigenvalue weighted by atomic mass is 16.5. The maximum absolute atomic E-state index is 11.5. The van der Waals surface area contributed by atoms with Crippen molar-refractivity contribution < 1.29 is 9.53 Å². The van der Waals surface area contributed by atoms with E-state index in [0.717, 1.165) is 13.0 Å². The van der Waals surface area contributed by atoms with Gasteiger partial charge >= 0.3 is 0 Å². The van der Waals surface area contributed by atoms with Crippen LogP contribution in [-0.2, 0) is 9.53 Å². The van der Waals surface area contributed by atoms with Gasteiger partial charge in [-0.2, -0.15) is 0 Å². The van der Waals surface area contributed by atoms with Gasteiger partial charge in [-0.15, -0.1) is 0 Å². The van der Waals surface area contributed by atoms with E-state index in [-0.39, 0.29) is 17.4 Å². The SMILES string of the molecule is CC1(C)[C@H](NC(=O)CCN)[C@H]2CCO[C@@H]21. The molecule has 2 rings (SSSR count). The zero-order chi connectivity index (χ0) is 11.1. The summed E-state index contributed by atoms with van der Waals surface area (Å²) in [4.78, 5) is 11.5. The first-order valence-electron chi connectivity index (χ1n) is 5.68. The first-order chi connectivity index (χ1) is 7.07. The predicted molar refractivity (Wildman–Crippen MR) is 57.2 cm³/mol. The number of rotatable bonds is 3. The van der Waals surface area contributed by atoms with Crippen molar-refractivity contribution in [2.75, 3.05) is 13.2 Å². The summed E-state index contributed by atoms with van der Waals surface area (Å²) in [6, 6.07) is 0.268. The molecule has 4 heteroatoms. The summed E-state index contributed by atoms with van der Waals surface area (Å²) in [7, 11) is 0. The predicted octanol–water partition coefficient (Wildman–Crippen LogP) is 0.265. The first-order valence-corrected chi connectivity index (χ1v) is 5.68. The van der Waals surface area contributed by atoms with Crippen LogP contribution in [0.25, 0.3) is 0 Å². The lowest BCUT2D eigenvalue weighted by atomic mass is 9.57. The summed E-state index contributed by atoms with van der Waals surface area (Å²) in [5.41, 5.74) is 5.43. The quantitative estimate of drug-likeness (QED) is 0.705. The van der Waals surface area contributed by atoms with Crippen molar-refractivity contribution in [2.24, 2.45) is 17.1 Å². The van der Waals surface area contributed by atoms with Gasteiger partial charge in [0.25, 0.3) is 0 Å². The van der Waals surface area contributed by atoms with E-state index >= 15 is 0 Å². The summed E-state index contributed by atoms with van der Waals surface area (Å²) in [5, 5.41) is 3.08. The van der Waals surface area contributed by atoms with Gasteiger partial charge in [-0.3, -0.25) is 4.79 Å². The zero-order valence-electron chi connectivity index (χ0n) is 9.45. The maximum Gasteiger partial charge on any atom is 0.221 e. The van der Waals surface area contributed by atoms with Gasteiger partial charge in [0.2, 0.25) is 5.91 Å². The molecule has 0 aromatic carbocycles. The van der Waals surface area contributed by atoms with Crippen molar-refractivity contribution >= 4 is 5.91 Å². The third-order valence-corrected chi connectivity index (χ3v) is 3.79. The van der Waals surface area contributed by atoms with Gasteiger partial charge < -0.3 is 15.8 Å². The lowest BCUT2D eigenvalue weighted by Gasteiger charge is -2.54. The summed E-state index contributed by atoms with van der Waals surface area (Å²) < 4.78 is 5.66. The molecule has 0 radical (unpaired) electrons. The normalized spacial score (nSPS) is 36.9. The van der Waals surface area contributed by atoms with E-state index in [1.807, 2.05) is 0 Å². The van der Waals surface area contributed by atoms with Gasteiger partial charge in [0.1, 0.15) is 0 Å². The Morgan fingerprint density at radius 2 is 2.33 bits per heavy atom. The van der Waals surface area contributed by atoms with Crippen molar-refractivity contribution in [2.45, 2.75) is 38.8 Å². The van der Waals surface area contributed by atoms with Crippen LogP contribution in [0.15, 0.2) is 0 Å². The van der Waals surface area contributed by atoms with Crippen molar-refractivity contribution in [3.63, 3.8) is 0 Å². The molecular formula is C11H20N2O2. The number of ether oxygens (including phenoxy) is 1. The number of amides is 1. The summed E-state index contributed by atoms with van der Waals surface area (Å²) in [6.45, 7) is 5.57. The van der Waals surface area contributed by atoms with E-state index < -0.39 is 0 Å². The van der Waals surface area contributed by atoms with Gasteiger partial charge in [-0.1, -0.05) is 13.8 Å². The Hall–Kier alpha value is -0.610. The molecule has 1 saturated heterocycles. The van der Waals surface area contributed by atoms with Crippen LogP contribution in [0.1, 0.15) is 26.7 Å². The van der Waals surface area contributed by atoms with Crippen LogP contribution in [-0.4, -0.2) is 31.2 Å². The van der Waals surface area contributed by atoms with E-state index in [4.69, 9.17) is 10.5 Å². The van der Waals surface area contributed by atoms with E-state index in [1.165, 1.54) is 0 Å². The molecule has 1 aliphatic carbocycles. The van der Waals surface area contributed by atoms with Gasteiger partial charge in [0.15, 0.2) is 0 Å². The van der Waals surface area contributed by atoms with Crippen LogP contribution in [0, 0.1) is 11.3 Å². The molecule has 15 heavy (non-hydrogen) atoms. The molecule has 2 fully saturated rings. The molecule has 0 bridgehead atoms. The lowest BCUT2D eigenvalue weighted by Crippen LogP contribution is -2.66. The fraction of sp³-hybridized carbons (Fsp3) is 0.909. The fourth-order valence-electron chi connectivity index (χ4n) is 2.99. The third-order valence-electron chi connectivity index (χ3n) is 3.79. The largest absolute Gasteiger partial charge is 0.377 e. The van der Waals surface area contributed by atoms with Gasteiger partial charge in [-0.05, 0) is 6.42 Å². The van der Waals surface area contributed by atoms with E-state index in [0.29, 0.717) is 25.0 Å². The van der Waals surface area contributed by atoms with Crippen molar-refractivity contribution in [1.82, 2.24) is 5.32 Å². The second kappa shape index (κ2) is 3.76. The summed E-state index contributed by atoms with van der Waals surface area (Å²) in [6.07, 6.45) is 1.83. The molecule has 86 valence electrons. The van der Waals surface area contributed by atoms with Gasteiger partial charge in [0.05, 0.1) is 6.10 Å². The maximum atomic E-state index is 11.5. The number of nitrogens with two attached hydrogens (primary N) is 1. The van der Waals surface area contributed by atoms with Crippen LogP contribution >= 0.6 is 0 Å². The fourth-order valence-corrected chi connectivity index (χ4v) is 2.99. The number of hydrogen-bond acceptors (Lipinski definition) is 3. The second-order valence-corrected chi connectivity index (χ2v) is 5.15. The highest BCUT2D eigenvalue weighted by Crippen LogP contribution is 2.52. The van der Waals surface area contributed by atoms with Crippen molar-refractivity contribution in [3.8, 4) is 0 Å². The molecule has 1 amide bonds.